The number of hydrogen-bond acceptors (Lipinski definition) is 2. The highest BCUT2D eigenvalue weighted by Crippen LogP contribution is 2.21. The summed E-state index contributed by atoms with van der Waals surface area (Å²) in [5.74, 6) is 0. The van der Waals surface area contributed by atoms with Gasteiger partial charge in [-0.2, -0.15) is 0 Å². The number of rotatable bonds is 4. The lowest BCUT2D eigenvalue weighted by Crippen LogP contribution is -2.42. The minimum Gasteiger partial charge on any atom is -0.336 e. The predicted molar refractivity (Wildman–Crippen MR) is 77.1 cm³/mol. The number of nitrogens with one attached hydrogen (secondary N) is 1. The normalized spacial score (nSPS) is 19.9. The molecule has 1 aromatic carbocycles. The maximum atomic E-state index is 4.09. The van der Waals surface area contributed by atoms with Gasteiger partial charge in [-0.15, -0.1) is 0 Å². The molecule has 0 saturated heterocycles. The van der Waals surface area contributed by atoms with E-state index < -0.39 is 0 Å². The fourth-order valence-electron chi connectivity index (χ4n) is 3.01. The highest BCUT2D eigenvalue weighted by Gasteiger charge is 2.19. The molecule has 0 fully saturated rings. The van der Waals surface area contributed by atoms with Crippen LogP contribution in [0, 0.1) is 0 Å². The number of benzene rings is 1. The van der Waals surface area contributed by atoms with Crippen LogP contribution < -0.4 is 5.32 Å². The Morgan fingerprint density at radius 3 is 3.00 bits per heavy atom. The SMILES string of the molecule is C[C@@H](Cn1ccnc1)N[C@H]1CCc2ccccc2C1. The molecule has 1 aromatic heterocycles. The van der Waals surface area contributed by atoms with Crippen molar-refractivity contribution in [2.75, 3.05) is 0 Å². The van der Waals surface area contributed by atoms with Crippen LogP contribution in [0.3, 0.4) is 0 Å². The first kappa shape index (κ1) is 12.4. The van der Waals surface area contributed by atoms with E-state index in [2.05, 4.69) is 46.1 Å². The summed E-state index contributed by atoms with van der Waals surface area (Å²) in [4.78, 5) is 4.09. The third kappa shape index (κ3) is 3.04. The van der Waals surface area contributed by atoms with Crippen molar-refractivity contribution in [1.29, 1.82) is 0 Å². The van der Waals surface area contributed by atoms with Gasteiger partial charge in [-0.1, -0.05) is 24.3 Å². The van der Waals surface area contributed by atoms with Crippen molar-refractivity contribution in [3.05, 3.63) is 54.1 Å². The molecule has 2 aromatic rings. The zero-order valence-corrected chi connectivity index (χ0v) is 11.4. The first-order valence-electron chi connectivity index (χ1n) is 7.10. The number of hydrogen-bond donors (Lipinski definition) is 1. The Hall–Kier alpha value is -1.61. The summed E-state index contributed by atoms with van der Waals surface area (Å²) in [7, 11) is 0. The van der Waals surface area contributed by atoms with E-state index in [1.807, 2.05) is 18.7 Å². The highest BCUT2D eigenvalue weighted by atomic mass is 15.1. The van der Waals surface area contributed by atoms with Crippen LogP contribution in [-0.2, 0) is 19.4 Å². The fraction of sp³-hybridized carbons (Fsp3) is 0.438. The van der Waals surface area contributed by atoms with Gasteiger partial charge in [-0.3, -0.25) is 0 Å². The molecule has 3 nitrogen and oxygen atoms in total. The van der Waals surface area contributed by atoms with Crippen molar-refractivity contribution in [2.24, 2.45) is 0 Å². The molecule has 0 bridgehead atoms. The van der Waals surface area contributed by atoms with E-state index in [0.29, 0.717) is 12.1 Å². The first-order valence-corrected chi connectivity index (χ1v) is 7.10. The van der Waals surface area contributed by atoms with E-state index in [-0.39, 0.29) is 0 Å². The Kier molecular flexibility index (Phi) is 3.65. The van der Waals surface area contributed by atoms with Gasteiger partial charge < -0.3 is 9.88 Å². The number of nitrogens with zero attached hydrogens (tertiary/aromatic N) is 2. The van der Waals surface area contributed by atoms with Crippen LogP contribution in [0.4, 0.5) is 0 Å². The zero-order chi connectivity index (χ0) is 13.1. The molecule has 0 amide bonds. The third-order valence-corrected chi connectivity index (χ3v) is 3.91. The van der Waals surface area contributed by atoms with Crippen molar-refractivity contribution < 1.29 is 0 Å². The maximum Gasteiger partial charge on any atom is 0.0946 e. The summed E-state index contributed by atoms with van der Waals surface area (Å²) in [6.45, 7) is 3.23. The third-order valence-electron chi connectivity index (χ3n) is 3.91. The van der Waals surface area contributed by atoms with Gasteiger partial charge in [-0.05, 0) is 37.3 Å². The van der Waals surface area contributed by atoms with Gasteiger partial charge in [0, 0.05) is 31.0 Å². The Morgan fingerprint density at radius 2 is 2.21 bits per heavy atom. The molecule has 0 aliphatic heterocycles. The first-order chi connectivity index (χ1) is 9.31. The van der Waals surface area contributed by atoms with E-state index in [9.17, 15) is 0 Å². The average Bonchev–Trinajstić information content (AvgIpc) is 2.91. The minimum absolute atomic E-state index is 0.476. The Balaban J connectivity index is 1.57. The molecule has 1 aliphatic carbocycles. The van der Waals surface area contributed by atoms with Gasteiger partial charge in [0.1, 0.15) is 0 Å². The lowest BCUT2D eigenvalue weighted by atomic mass is 9.88. The zero-order valence-electron chi connectivity index (χ0n) is 11.4. The Labute approximate surface area is 114 Å². The van der Waals surface area contributed by atoms with E-state index in [4.69, 9.17) is 0 Å². The molecule has 1 aliphatic rings. The number of aromatic nitrogens is 2. The molecule has 3 heteroatoms. The van der Waals surface area contributed by atoms with Crippen LogP contribution in [0.15, 0.2) is 43.0 Å². The molecule has 0 radical (unpaired) electrons. The number of aryl methyl sites for hydroxylation is 1. The van der Waals surface area contributed by atoms with Gasteiger partial charge >= 0.3 is 0 Å². The quantitative estimate of drug-likeness (QED) is 0.909. The van der Waals surface area contributed by atoms with Crippen molar-refractivity contribution in [3.63, 3.8) is 0 Å². The molecule has 2 atom stereocenters. The van der Waals surface area contributed by atoms with Crippen LogP contribution in [0.5, 0.6) is 0 Å². The summed E-state index contributed by atoms with van der Waals surface area (Å²) in [6.07, 6.45) is 9.34. The van der Waals surface area contributed by atoms with Gasteiger partial charge in [0.2, 0.25) is 0 Å². The second-order valence-corrected chi connectivity index (χ2v) is 5.54. The molecule has 3 rings (SSSR count). The van der Waals surface area contributed by atoms with Gasteiger partial charge in [-0.25, -0.2) is 4.98 Å². The smallest absolute Gasteiger partial charge is 0.0946 e. The molecule has 19 heavy (non-hydrogen) atoms. The second-order valence-electron chi connectivity index (χ2n) is 5.54. The minimum atomic E-state index is 0.476. The molecule has 1 N–H and O–H groups in total. The molecule has 0 spiro atoms. The summed E-state index contributed by atoms with van der Waals surface area (Å²) < 4.78 is 2.13. The largest absolute Gasteiger partial charge is 0.336 e. The topological polar surface area (TPSA) is 29.9 Å². The van der Waals surface area contributed by atoms with Crippen LogP contribution in [-0.4, -0.2) is 21.6 Å². The summed E-state index contributed by atoms with van der Waals surface area (Å²) in [5.41, 5.74) is 3.05. The Bertz CT molecular complexity index is 519. The fourth-order valence-corrected chi connectivity index (χ4v) is 3.01. The van der Waals surface area contributed by atoms with E-state index in [1.165, 1.54) is 24.0 Å². The molecule has 0 saturated carbocycles. The summed E-state index contributed by atoms with van der Waals surface area (Å²) >= 11 is 0. The number of fused-ring (bicyclic) bond motifs is 1. The van der Waals surface area contributed by atoms with Crippen molar-refractivity contribution in [1.82, 2.24) is 14.9 Å². The molecular formula is C16H21N3. The molecule has 1 heterocycles. The predicted octanol–water partition coefficient (Wildman–Crippen LogP) is 2.42. The van der Waals surface area contributed by atoms with Crippen molar-refractivity contribution >= 4 is 0 Å². The summed E-state index contributed by atoms with van der Waals surface area (Å²) in [6, 6.07) is 9.91. The van der Waals surface area contributed by atoms with Gasteiger partial charge in [0.05, 0.1) is 6.33 Å². The van der Waals surface area contributed by atoms with Crippen LogP contribution in [0.25, 0.3) is 0 Å². The lowest BCUT2D eigenvalue weighted by molar-refractivity contribution is 0.379. The second kappa shape index (κ2) is 5.57. The monoisotopic (exact) mass is 255 g/mol. The van der Waals surface area contributed by atoms with Gasteiger partial charge in [0.15, 0.2) is 0 Å². The van der Waals surface area contributed by atoms with Gasteiger partial charge in [0.25, 0.3) is 0 Å². The average molecular weight is 255 g/mol. The molecule has 100 valence electrons. The van der Waals surface area contributed by atoms with E-state index in [1.54, 1.807) is 0 Å². The Morgan fingerprint density at radius 1 is 1.37 bits per heavy atom. The number of imidazole rings is 1. The standard InChI is InChI=1S/C16H21N3/c1-13(11-19-9-8-17-12-19)18-16-7-6-14-4-2-3-5-15(14)10-16/h2-5,8-9,12-13,16,18H,6-7,10-11H2,1H3/t13-,16-/m0/s1. The summed E-state index contributed by atoms with van der Waals surface area (Å²) in [5, 5.41) is 3.75. The van der Waals surface area contributed by atoms with Crippen LogP contribution in [0.1, 0.15) is 24.5 Å². The van der Waals surface area contributed by atoms with Crippen molar-refractivity contribution in [3.8, 4) is 0 Å². The maximum absolute atomic E-state index is 4.09. The molecule has 0 unspecified atom stereocenters. The lowest BCUT2D eigenvalue weighted by Gasteiger charge is -2.28. The van der Waals surface area contributed by atoms with Crippen LogP contribution in [0.2, 0.25) is 0 Å². The highest BCUT2D eigenvalue weighted by molar-refractivity contribution is 5.30. The van der Waals surface area contributed by atoms with E-state index >= 15 is 0 Å². The van der Waals surface area contributed by atoms with Crippen LogP contribution >= 0.6 is 0 Å². The van der Waals surface area contributed by atoms with Crippen molar-refractivity contribution in [2.45, 2.75) is 44.8 Å². The molecular weight excluding hydrogens is 234 g/mol. The van der Waals surface area contributed by atoms with E-state index in [0.717, 1.165) is 13.0 Å².